The lowest BCUT2D eigenvalue weighted by Crippen LogP contribution is -2.34. The average molecular weight is 420 g/mol. The Morgan fingerprint density at radius 3 is 2.60 bits per heavy atom. The number of aliphatic hydroxyl groups is 2. The van der Waals surface area contributed by atoms with Crippen LogP contribution in [0.15, 0.2) is 47.1 Å². The largest absolute Gasteiger partial charge is 0.458 e. The normalized spacial score (nSPS) is 30.9. The minimum absolute atomic E-state index is 0.144. The van der Waals surface area contributed by atoms with Gasteiger partial charge in [0.2, 0.25) is 0 Å². The van der Waals surface area contributed by atoms with Crippen LogP contribution in [0.25, 0.3) is 0 Å². The highest BCUT2D eigenvalue weighted by molar-refractivity contribution is 5.92. The molecule has 4 atom stereocenters. The van der Waals surface area contributed by atoms with Gasteiger partial charge in [-0.05, 0) is 37.1 Å². The van der Waals surface area contributed by atoms with Crippen molar-refractivity contribution in [1.29, 1.82) is 0 Å². The Labute approximate surface area is 175 Å². The number of fused-ring (bicyclic) bond motifs is 1. The van der Waals surface area contributed by atoms with Gasteiger partial charge in [0.15, 0.2) is 0 Å². The third kappa shape index (κ3) is 5.67. The van der Waals surface area contributed by atoms with E-state index in [9.17, 15) is 19.5 Å². The van der Waals surface area contributed by atoms with Crippen molar-refractivity contribution < 1.29 is 38.8 Å². The summed E-state index contributed by atoms with van der Waals surface area (Å²) in [5.41, 5.74) is 1.61. The lowest BCUT2D eigenvalue weighted by atomic mass is 9.85. The van der Waals surface area contributed by atoms with E-state index in [-0.39, 0.29) is 30.8 Å². The topological polar surface area (TPSA) is 119 Å². The molecule has 0 aromatic rings. The summed E-state index contributed by atoms with van der Waals surface area (Å²) in [6.07, 6.45) is 3.04. The second-order valence-electron chi connectivity index (χ2n) is 7.40. The van der Waals surface area contributed by atoms with Gasteiger partial charge < -0.3 is 24.4 Å². The maximum absolute atomic E-state index is 12.5. The predicted octanol–water partition coefficient (Wildman–Crippen LogP) is 1.53. The number of aliphatic hydroxyl groups excluding tert-OH is 2. The lowest BCUT2D eigenvalue weighted by Gasteiger charge is -2.29. The van der Waals surface area contributed by atoms with Crippen LogP contribution in [0.3, 0.4) is 0 Å². The highest BCUT2D eigenvalue weighted by atomic mass is 16.6. The van der Waals surface area contributed by atoms with Crippen LogP contribution in [0.2, 0.25) is 0 Å². The highest BCUT2D eigenvalue weighted by Crippen LogP contribution is 2.36. The van der Waals surface area contributed by atoms with Crippen LogP contribution >= 0.6 is 0 Å². The number of carbonyl (C=O) groups is 3. The predicted molar refractivity (Wildman–Crippen MR) is 107 cm³/mol. The van der Waals surface area contributed by atoms with Gasteiger partial charge in [-0.2, -0.15) is 0 Å². The van der Waals surface area contributed by atoms with Crippen molar-refractivity contribution in [1.82, 2.24) is 0 Å². The van der Waals surface area contributed by atoms with E-state index in [1.165, 1.54) is 19.9 Å². The molecular formula is C22H28O8. The molecule has 30 heavy (non-hydrogen) atoms. The molecule has 0 saturated carbocycles. The molecule has 1 aliphatic heterocycles. The van der Waals surface area contributed by atoms with Gasteiger partial charge in [0.25, 0.3) is 0 Å². The van der Waals surface area contributed by atoms with Crippen molar-refractivity contribution in [2.24, 2.45) is 5.92 Å². The Kier molecular flexibility index (Phi) is 8.14. The van der Waals surface area contributed by atoms with Crippen molar-refractivity contribution in [2.45, 2.75) is 51.9 Å². The highest BCUT2D eigenvalue weighted by Gasteiger charge is 2.45. The molecule has 1 fully saturated rings. The van der Waals surface area contributed by atoms with E-state index in [1.54, 1.807) is 19.1 Å². The summed E-state index contributed by atoms with van der Waals surface area (Å²) in [7, 11) is 0. The Morgan fingerprint density at radius 1 is 1.30 bits per heavy atom. The fourth-order valence-electron chi connectivity index (χ4n) is 3.51. The fraction of sp³-hybridized carbons (Fsp3) is 0.500. The van der Waals surface area contributed by atoms with E-state index in [0.717, 1.165) is 0 Å². The molecule has 0 unspecified atom stereocenters. The minimum Gasteiger partial charge on any atom is -0.458 e. The summed E-state index contributed by atoms with van der Waals surface area (Å²) in [6.45, 7) is 7.77. The monoisotopic (exact) mass is 420 g/mol. The van der Waals surface area contributed by atoms with E-state index in [1.807, 2.05) is 0 Å². The number of ether oxygens (including phenoxy) is 3. The average Bonchev–Trinajstić information content (AvgIpc) is 2.95. The van der Waals surface area contributed by atoms with Crippen molar-refractivity contribution in [3.8, 4) is 0 Å². The molecule has 0 aromatic heterocycles. The van der Waals surface area contributed by atoms with Gasteiger partial charge in [-0.3, -0.25) is 4.79 Å². The summed E-state index contributed by atoms with van der Waals surface area (Å²) in [4.78, 5) is 36.2. The minimum atomic E-state index is -0.823. The molecule has 0 bridgehead atoms. The molecule has 1 aliphatic carbocycles. The smallest absolute Gasteiger partial charge is 0.334 e. The number of hydrogen-bond acceptors (Lipinski definition) is 8. The Balaban J connectivity index is 2.46. The first-order chi connectivity index (χ1) is 14.2. The Hall–Kier alpha value is -2.71. The molecule has 2 N–H and O–H groups in total. The summed E-state index contributed by atoms with van der Waals surface area (Å²) in [6, 6.07) is 0. The molecule has 8 heteroatoms. The molecule has 2 rings (SSSR count). The van der Waals surface area contributed by atoms with E-state index < -0.39 is 42.1 Å². The van der Waals surface area contributed by atoms with Gasteiger partial charge in [0, 0.05) is 30.9 Å². The van der Waals surface area contributed by atoms with E-state index in [0.29, 0.717) is 17.6 Å². The first-order valence-corrected chi connectivity index (χ1v) is 9.70. The van der Waals surface area contributed by atoms with Crippen LogP contribution in [-0.2, 0) is 28.6 Å². The van der Waals surface area contributed by atoms with Crippen LogP contribution in [0, 0.1) is 5.92 Å². The summed E-state index contributed by atoms with van der Waals surface area (Å²) >= 11 is 0. The standard InChI is InChI=1S/C22H28O8/c1-12(7-8-23)21(26)29-19-10-16(11-24)5-6-17(28-15(4)25)13(2)9-18-20(19)14(3)22(27)30-18/h5,7,9,17-20,23-24H,3,6,8,10-11H2,1-2,4H3/b12-7+,13-9+,16-5-/t17-,18-,19-,20+/m1/s1. The maximum Gasteiger partial charge on any atom is 0.334 e. The molecule has 1 heterocycles. The van der Waals surface area contributed by atoms with E-state index in [4.69, 9.17) is 19.3 Å². The zero-order valence-corrected chi connectivity index (χ0v) is 17.4. The zero-order valence-electron chi connectivity index (χ0n) is 17.4. The van der Waals surface area contributed by atoms with Gasteiger partial charge in [-0.25, -0.2) is 9.59 Å². The Morgan fingerprint density at radius 2 is 2.00 bits per heavy atom. The number of rotatable bonds is 5. The summed E-state index contributed by atoms with van der Waals surface area (Å²) < 4.78 is 16.5. The summed E-state index contributed by atoms with van der Waals surface area (Å²) in [5, 5.41) is 18.8. The van der Waals surface area contributed by atoms with Crippen molar-refractivity contribution >= 4 is 17.9 Å². The van der Waals surface area contributed by atoms with Gasteiger partial charge in [0.05, 0.1) is 19.1 Å². The Bertz CT molecular complexity index is 804. The zero-order chi connectivity index (χ0) is 22.4. The summed E-state index contributed by atoms with van der Waals surface area (Å²) in [5.74, 6) is -2.38. The molecule has 0 amide bonds. The molecular weight excluding hydrogens is 392 g/mol. The van der Waals surface area contributed by atoms with Gasteiger partial charge in [-0.15, -0.1) is 0 Å². The van der Waals surface area contributed by atoms with E-state index in [2.05, 4.69) is 6.58 Å². The number of esters is 3. The van der Waals surface area contributed by atoms with Gasteiger partial charge in [-0.1, -0.05) is 12.7 Å². The van der Waals surface area contributed by atoms with Crippen LogP contribution in [-0.4, -0.2) is 59.6 Å². The molecule has 0 spiro atoms. The molecule has 164 valence electrons. The third-order valence-corrected chi connectivity index (χ3v) is 5.17. The van der Waals surface area contributed by atoms with Crippen LogP contribution in [0.4, 0.5) is 0 Å². The second kappa shape index (κ2) is 10.4. The molecule has 2 aliphatic rings. The molecule has 0 radical (unpaired) electrons. The number of hydrogen-bond donors (Lipinski definition) is 2. The maximum atomic E-state index is 12.5. The molecule has 0 aromatic carbocycles. The van der Waals surface area contributed by atoms with Gasteiger partial charge in [0.1, 0.15) is 18.3 Å². The quantitative estimate of drug-likeness (QED) is 0.297. The van der Waals surface area contributed by atoms with E-state index >= 15 is 0 Å². The van der Waals surface area contributed by atoms with Crippen molar-refractivity contribution in [3.05, 3.63) is 47.1 Å². The SMILES string of the molecule is C=C1C(=O)O[C@@H]2/C=C(\C)[C@H](OC(C)=O)C/C=C(\CO)C[C@@H](OC(=O)/C(C)=C/CO)[C@@H]12. The van der Waals surface area contributed by atoms with Crippen LogP contribution in [0.5, 0.6) is 0 Å². The molecule has 1 saturated heterocycles. The second-order valence-corrected chi connectivity index (χ2v) is 7.40. The number of carbonyl (C=O) groups excluding carboxylic acids is 3. The first kappa shape index (κ1) is 23.6. The molecule has 8 nitrogen and oxygen atoms in total. The lowest BCUT2D eigenvalue weighted by molar-refractivity contribution is -0.148. The van der Waals surface area contributed by atoms with Crippen molar-refractivity contribution in [2.75, 3.05) is 13.2 Å². The first-order valence-electron chi connectivity index (χ1n) is 9.70. The third-order valence-electron chi connectivity index (χ3n) is 5.17. The van der Waals surface area contributed by atoms with Crippen LogP contribution in [0.1, 0.15) is 33.6 Å². The fourth-order valence-corrected chi connectivity index (χ4v) is 3.51. The van der Waals surface area contributed by atoms with Crippen LogP contribution < -0.4 is 0 Å². The van der Waals surface area contributed by atoms with Crippen molar-refractivity contribution in [3.63, 3.8) is 0 Å². The van der Waals surface area contributed by atoms with Gasteiger partial charge >= 0.3 is 17.9 Å².